The van der Waals surface area contributed by atoms with Gasteiger partial charge in [0.25, 0.3) is 11.6 Å². The van der Waals surface area contributed by atoms with E-state index in [4.69, 9.17) is 4.42 Å². The molecule has 0 saturated heterocycles. The molecule has 0 fully saturated rings. The van der Waals surface area contributed by atoms with Gasteiger partial charge in [-0.05, 0) is 24.3 Å². The van der Waals surface area contributed by atoms with Crippen molar-refractivity contribution in [1.82, 2.24) is 15.4 Å². The van der Waals surface area contributed by atoms with Crippen molar-refractivity contribution in [3.05, 3.63) is 76.5 Å². The van der Waals surface area contributed by atoms with E-state index in [0.717, 1.165) is 11.0 Å². The van der Waals surface area contributed by atoms with Crippen molar-refractivity contribution in [3.63, 3.8) is 0 Å². The van der Waals surface area contributed by atoms with Gasteiger partial charge in [-0.15, -0.1) is 0 Å². The Morgan fingerprint density at radius 1 is 1.23 bits per heavy atom. The summed E-state index contributed by atoms with van der Waals surface area (Å²) < 4.78 is 5.61. The normalized spacial score (nSPS) is 11.2. The van der Waals surface area contributed by atoms with Gasteiger partial charge in [-0.3, -0.25) is 14.9 Å². The van der Waals surface area contributed by atoms with Crippen LogP contribution in [0.2, 0.25) is 0 Å². The Morgan fingerprint density at radius 2 is 2.10 bits per heavy atom. The number of non-ortho nitro benzene ring substituents is 1. The van der Waals surface area contributed by atoms with Gasteiger partial charge in [0, 0.05) is 17.7 Å². The molecule has 0 aliphatic rings. The highest BCUT2D eigenvalue weighted by atomic mass is 32.2. The number of fused-ring (bicyclic) bond motifs is 1. The van der Waals surface area contributed by atoms with Gasteiger partial charge in [0.05, 0.1) is 27.9 Å². The van der Waals surface area contributed by atoms with Crippen LogP contribution in [0.25, 0.3) is 22.4 Å². The lowest BCUT2D eigenvalue weighted by Gasteiger charge is -1.98. The van der Waals surface area contributed by atoms with E-state index in [1.54, 1.807) is 24.3 Å². The summed E-state index contributed by atoms with van der Waals surface area (Å²) in [4.78, 5) is 29.9. The fourth-order valence-electron chi connectivity index (χ4n) is 2.68. The van der Waals surface area contributed by atoms with E-state index < -0.39 is 4.92 Å². The summed E-state index contributed by atoms with van der Waals surface area (Å²) in [6, 6.07) is 17.1. The number of nitrogens with one attached hydrogen (secondary N) is 2. The highest BCUT2D eigenvalue weighted by molar-refractivity contribution is 7.99. The molecule has 2 N–H and O–H groups in total. The summed E-state index contributed by atoms with van der Waals surface area (Å²) in [7, 11) is 0. The van der Waals surface area contributed by atoms with Crippen LogP contribution in [0.15, 0.2) is 75.3 Å². The first-order chi connectivity index (χ1) is 14.6. The number of hydrogen-bond donors (Lipinski definition) is 2. The Bertz CT molecular complexity index is 1210. The van der Waals surface area contributed by atoms with Crippen LogP contribution in [0.5, 0.6) is 0 Å². The van der Waals surface area contributed by atoms with Crippen LogP contribution >= 0.6 is 11.8 Å². The van der Waals surface area contributed by atoms with Crippen molar-refractivity contribution in [1.29, 1.82) is 0 Å². The quantitative estimate of drug-likeness (QED) is 0.201. The molecule has 0 aliphatic carbocycles. The van der Waals surface area contributed by atoms with E-state index >= 15 is 0 Å². The molecule has 150 valence electrons. The average molecular weight is 421 g/mol. The monoisotopic (exact) mass is 421 g/mol. The number of furan rings is 1. The Balaban J connectivity index is 1.31. The van der Waals surface area contributed by atoms with Crippen LogP contribution < -0.4 is 5.43 Å². The van der Waals surface area contributed by atoms with Crippen molar-refractivity contribution in [3.8, 4) is 11.3 Å². The standard InChI is InChI=1S/C20H15N5O4S/c26-19(12-30-20-22-16-6-1-2-7-17(16)23-20)24-21-11-15-8-9-18(29-15)13-4-3-5-14(10-13)25(27)28/h1-11H,12H2,(H,22,23)(H,24,26)/b21-11-. The number of rotatable bonds is 7. The van der Waals surface area contributed by atoms with Crippen LogP contribution in [0.3, 0.4) is 0 Å². The van der Waals surface area contributed by atoms with Gasteiger partial charge in [-0.2, -0.15) is 5.10 Å². The number of hydrogen-bond acceptors (Lipinski definition) is 7. The van der Waals surface area contributed by atoms with E-state index in [-0.39, 0.29) is 17.3 Å². The summed E-state index contributed by atoms with van der Waals surface area (Å²) >= 11 is 1.27. The number of aromatic nitrogens is 2. The lowest BCUT2D eigenvalue weighted by atomic mass is 10.1. The first kappa shape index (κ1) is 19.4. The van der Waals surface area contributed by atoms with Crippen LogP contribution in [-0.4, -0.2) is 32.8 Å². The zero-order valence-electron chi connectivity index (χ0n) is 15.4. The van der Waals surface area contributed by atoms with E-state index in [9.17, 15) is 14.9 Å². The molecule has 10 heteroatoms. The maximum atomic E-state index is 12.0. The smallest absolute Gasteiger partial charge is 0.270 e. The van der Waals surface area contributed by atoms with Gasteiger partial charge in [0.2, 0.25) is 0 Å². The number of H-pyrrole nitrogens is 1. The number of imidazole rings is 1. The van der Waals surface area contributed by atoms with Gasteiger partial charge >= 0.3 is 0 Å². The number of nitro benzene ring substituents is 1. The van der Waals surface area contributed by atoms with E-state index in [0.29, 0.717) is 22.2 Å². The summed E-state index contributed by atoms with van der Waals surface area (Å²) in [5, 5.41) is 15.4. The number of aromatic amines is 1. The summed E-state index contributed by atoms with van der Waals surface area (Å²) in [6.45, 7) is 0. The molecule has 2 aromatic carbocycles. The highest BCUT2D eigenvalue weighted by Gasteiger charge is 2.10. The molecule has 2 aromatic heterocycles. The number of thioether (sulfide) groups is 1. The van der Waals surface area contributed by atoms with Crippen molar-refractivity contribution >= 4 is 40.6 Å². The summed E-state index contributed by atoms with van der Waals surface area (Å²) in [6.07, 6.45) is 1.37. The lowest BCUT2D eigenvalue weighted by Crippen LogP contribution is -2.19. The molecule has 0 aliphatic heterocycles. The Morgan fingerprint density at radius 3 is 2.93 bits per heavy atom. The SMILES string of the molecule is O=C(CSc1nc2ccccc2[nH]1)N/N=C\c1ccc(-c2cccc([N+](=O)[O-])c2)o1. The number of carbonyl (C=O) groups excluding carboxylic acids is 1. The second-order valence-corrected chi connectivity index (χ2v) is 7.11. The number of nitrogens with zero attached hydrogens (tertiary/aromatic N) is 3. The molecule has 0 spiro atoms. The van der Waals surface area contributed by atoms with Crippen molar-refractivity contribution < 1.29 is 14.1 Å². The minimum Gasteiger partial charge on any atom is -0.455 e. The molecule has 0 radical (unpaired) electrons. The fraction of sp³-hybridized carbons (Fsp3) is 0.0500. The molecule has 9 nitrogen and oxygen atoms in total. The van der Waals surface area contributed by atoms with E-state index in [2.05, 4.69) is 20.5 Å². The molecule has 4 aromatic rings. The second-order valence-electron chi connectivity index (χ2n) is 6.15. The van der Waals surface area contributed by atoms with Gasteiger partial charge < -0.3 is 9.40 Å². The van der Waals surface area contributed by atoms with E-state index in [1.165, 1.54) is 30.1 Å². The first-order valence-electron chi connectivity index (χ1n) is 8.82. The zero-order valence-corrected chi connectivity index (χ0v) is 16.3. The lowest BCUT2D eigenvalue weighted by molar-refractivity contribution is -0.384. The van der Waals surface area contributed by atoms with Gasteiger partial charge in [-0.1, -0.05) is 36.0 Å². The molecule has 1 amide bonds. The average Bonchev–Trinajstić information content (AvgIpc) is 3.39. The third-order valence-electron chi connectivity index (χ3n) is 4.06. The van der Waals surface area contributed by atoms with Gasteiger partial charge in [0.1, 0.15) is 11.5 Å². The number of benzene rings is 2. The highest BCUT2D eigenvalue weighted by Crippen LogP contribution is 2.25. The maximum Gasteiger partial charge on any atom is 0.270 e. The fourth-order valence-corrected chi connectivity index (χ4v) is 3.36. The first-order valence-corrected chi connectivity index (χ1v) is 9.81. The third kappa shape index (κ3) is 4.55. The predicted octanol–water partition coefficient (Wildman–Crippen LogP) is 3.97. The zero-order chi connectivity index (χ0) is 20.9. The molecular formula is C20H15N5O4S. The summed E-state index contributed by atoms with van der Waals surface area (Å²) in [5.41, 5.74) is 4.74. The molecule has 2 heterocycles. The molecule has 30 heavy (non-hydrogen) atoms. The minimum absolute atomic E-state index is 0.0201. The van der Waals surface area contributed by atoms with Crippen molar-refractivity contribution in [2.45, 2.75) is 5.16 Å². The van der Waals surface area contributed by atoms with Crippen LogP contribution in [-0.2, 0) is 4.79 Å². The number of carbonyl (C=O) groups is 1. The van der Waals surface area contributed by atoms with Gasteiger partial charge in [-0.25, -0.2) is 10.4 Å². The van der Waals surface area contributed by atoms with E-state index in [1.807, 2.05) is 24.3 Å². The largest absolute Gasteiger partial charge is 0.455 e. The number of nitro groups is 1. The molecule has 0 saturated carbocycles. The number of amides is 1. The molecule has 0 unspecified atom stereocenters. The molecule has 4 rings (SSSR count). The number of para-hydroxylation sites is 2. The molecular weight excluding hydrogens is 406 g/mol. The summed E-state index contributed by atoms with van der Waals surface area (Å²) in [5.74, 6) is 0.727. The Labute approximate surface area is 174 Å². The van der Waals surface area contributed by atoms with Gasteiger partial charge in [0.15, 0.2) is 5.16 Å². The third-order valence-corrected chi connectivity index (χ3v) is 4.93. The van der Waals surface area contributed by atoms with Crippen molar-refractivity contribution in [2.75, 3.05) is 5.75 Å². The second kappa shape index (κ2) is 8.62. The van der Waals surface area contributed by atoms with Crippen LogP contribution in [0, 0.1) is 10.1 Å². The Hall–Kier alpha value is -3.92. The number of hydrazone groups is 1. The predicted molar refractivity (Wildman–Crippen MR) is 113 cm³/mol. The minimum atomic E-state index is -0.465. The Kier molecular flexibility index (Phi) is 5.57. The maximum absolute atomic E-state index is 12.0. The topological polar surface area (TPSA) is 126 Å². The molecule has 0 atom stereocenters. The molecule has 0 bridgehead atoms. The van der Waals surface area contributed by atoms with Crippen LogP contribution in [0.1, 0.15) is 5.76 Å². The van der Waals surface area contributed by atoms with Crippen LogP contribution in [0.4, 0.5) is 5.69 Å². The van der Waals surface area contributed by atoms with Crippen molar-refractivity contribution in [2.24, 2.45) is 5.10 Å².